The molecule has 2 atom stereocenters. The van der Waals surface area contributed by atoms with Gasteiger partial charge in [-0.2, -0.15) is 0 Å². The van der Waals surface area contributed by atoms with E-state index < -0.39 is 28.5 Å². The van der Waals surface area contributed by atoms with Crippen molar-refractivity contribution in [3.8, 4) is 0 Å². The van der Waals surface area contributed by atoms with Gasteiger partial charge in [0.1, 0.15) is 12.6 Å². The molecule has 40 heavy (non-hydrogen) atoms. The van der Waals surface area contributed by atoms with E-state index in [1.165, 1.54) is 4.90 Å². The van der Waals surface area contributed by atoms with Crippen LogP contribution in [0.25, 0.3) is 0 Å². The molecule has 7 nitrogen and oxygen atoms in total. The number of para-hydroxylation sites is 1. The van der Waals surface area contributed by atoms with E-state index in [1.54, 1.807) is 0 Å². The number of nitrogens with one attached hydrogen (secondary N) is 1. The SMILES string of the molecule is CC[C@@H](C)NC(=O)[C@@H](Cc1ccccc1)N(Cc1cccc(Br)c1)C(=O)CN(c1c(C)cccc1C)S(C)(=O)=O. The third kappa shape index (κ3) is 8.41. The molecule has 9 heteroatoms. The summed E-state index contributed by atoms with van der Waals surface area (Å²) in [6.45, 7) is 7.25. The Balaban J connectivity index is 2.10. The van der Waals surface area contributed by atoms with Crippen LogP contribution in [0, 0.1) is 13.8 Å². The molecule has 0 saturated heterocycles. The zero-order valence-electron chi connectivity index (χ0n) is 23.7. The summed E-state index contributed by atoms with van der Waals surface area (Å²) in [5, 5.41) is 3.04. The number of hydrogen-bond donors (Lipinski definition) is 1. The molecule has 0 radical (unpaired) electrons. The normalized spacial score (nSPS) is 12.8. The molecule has 3 rings (SSSR count). The lowest BCUT2D eigenvalue weighted by molar-refractivity contribution is -0.140. The maximum absolute atomic E-state index is 14.2. The molecule has 0 saturated carbocycles. The summed E-state index contributed by atoms with van der Waals surface area (Å²) in [5.41, 5.74) is 3.67. The van der Waals surface area contributed by atoms with Gasteiger partial charge in [-0.25, -0.2) is 8.42 Å². The Kier molecular flexibility index (Phi) is 10.9. The van der Waals surface area contributed by atoms with Crippen LogP contribution >= 0.6 is 15.9 Å². The number of sulfonamides is 1. The molecule has 1 N–H and O–H groups in total. The quantitative estimate of drug-likeness (QED) is 0.292. The number of carbonyl (C=O) groups is 2. The number of carbonyl (C=O) groups excluding carboxylic acids is 2. The molecule has 3 aromatic rings. The Morgan fingerprint density at radius 2 is 1.52 bits per heavy atom. The Bertz CT molecular complexity index is 1410. The Morgan fingerprint density at radius 1 is 0.925 bits per heavy atom. The molecule has 0 fully saturated rings. The molecule has 2 amide bonds. The number of benzene rings is 3. The first kappa shape index (κ1) is 31.4. The Hall–Kier alpha value is -3.17. The highest BCUT2D eigenvalue weighted by Crippen LogP contribution is 2.27. The average Bonchev–Trinajstić information content (AvgIpc) is 2.89. The summed E-state index contributed by atoms with van der Waals surface area (Å²) in [4.78, 5) is 29.5. The van der Waals surface area contributed by atoms with Crippen molar-refractivity contribution in [3.63, 3.8) is 0 Å². The fourth-order valence-corrected chi connectivity index (χ4v) is 6.01. The molecule has 0 unspecified atom stereocenters. The highest BCUT2D eigenvalue weighted by atomic mass is 79.9. The van der Waals surface area contributed by atoms with Gasteiger partial charge in [0.2, 0.25) is 21.8 Å². The number of nitrogens with zero attached hydrogens (tertiary/aromatic N) is 2. The van der Waals surface area contributed by atoms with E-state index in [2.05, 4.69) is 21.2 Å². The van der Waals surface area contributed by atoms with Crippen LogP contribution in [0.5, 0.6) is 0 Å². The first-order valence-electron chi connectivity index (χ1n) is 13.3. The van der Waals surface area contributed by atoms with Crippen molar-refractivity contribution in [2.24, 2.45) is 0 Å². The fraction of sp³-hybridized carbons (Fsp3) is 0.355. The van der Waals surface area contributed by atoms with Gasteiger partial charge in [-0.1, -0.05) is 83.5 Å². The van der Waals surface area contributed by atoms with Crippen LogP contribution in [-0.4, -0.2) is 50.0 Å². The Morgan fingerprint density at radius 3 is 2.10 bits per heavy atom. The molecule has 214 valence electrons. The van der Waals surface area contributed by atoms with Gasteiger partial charge in [0.15, 0.2) is 0 Å². The maximum atomic E-state index is 14.2. The van der Waals surface area contributed by atoms with Gasteiger partial charge in [-0.3, -0.25) is 13.9 Å². The maximum Gasteiger partial charge on any atom is 0.244 e. The number of rotatable bonds is 12. The number of hydrogen-bond acceptors (Lipinski definition) is 4. The molecular weight excluding hydrogens is 590 g/mol. The fourth-order valence-electron chi connectivity index (χ4n) is 4.60. The minimum Gasteiger partial charge on any atom is -0.352 e. The molecule has 0 aromatic heterocycles. The summed E-state index contributed by atoms with van der Waals surface area (Å²) in [6.07, 6.45) is 2.12. The predicted molar refractivity (Wildman–Crippen MR) is 165 cm³/mol. The molecule has 0 spiro atoms. The van der Waals surface area contributed by atoms with E-state index in [4.69, 9.17) is 0 Å². The first-order valence-corrected chi connectivity index (χ1v) is 16.0. The van der Waals surface area contributed by atoms with Crippen LogP contribution in [0.4, 0.5) is 5.69 Å². The highest BCUT2D eigenvalue weighted by Gasteiger charge is 2.34. The summed E-state index contributed by atoms with van der Waals surface area (Å²) in [6, 6.07) is 21.6. The summed E-state index contributed by atoms with van der Waals surface area (Å²) in [7, 11) is -3.82. The molecule has 3 aromatic carbocycles. The number of amides is 2. The van der Waals surface area contributed by atoms with Crippen molar-refractivity contribution in [1.29, 1.82) is 0 Å². The van der Waals surface area contributed by atoms with Crippen molar-refractivity contribution in [2.75, 3.05) is 17.1 Å². The summed E-state index contributed by atoms with van der Waals surface area (Å²) >= 11 is 3.49. The second-order valence-corrected chi connectivity index (χ2v) is 13.0. The molecule has 0 aliphatic rings. The lowest BCUT2D eigenvalue weighted by Crippen LogP contribution is -2.54. The summed E-state index contributed by atoms with van der Waals surface area (Å²) < 4.78 is 28.1. The van der Waals surface area contributed by atoms with Crippen LogP contribution in [0.1, 0.15) is 42.5 Å². The minimum atomic E-state index is -3.82. The van der Waals surface area contributed by atoms with Crippen molar-refractivity contribution >= 4 is 43.5 Å². The standard InChI is InChI=1S/C31H38BrN3O4S/c1-6-24(4)33-31(37)28(19-25-14-8-7-9-15-25)34(20-26-16-11-17-27(32)18-26)29(36)21-35(40(5,38)39)30-22(2)12-10-13-23(30)3/h7-18,24,28H,6,19-21H2,1-5H3,(H,33,37)/t24-,28-/m1/s1. The third-order valence-corrected chi connectivity index (χ3v) is 8.49. The van der Waals surface area contributed by atoms with E-state index in [1.807, 2.05) is 100 Å². The van der Waals surface area contributed by atoms with E-state index in [0.29, 0.717) is 5.69 Å². The molecule has 0 aliphatic heterocycles. The zero-order chi connectivity index (χ0) is 29.4. The largest absolute Gasteiger partial charge is 0.352 e. The Labute approximate surface area is 246 Å². The zero-order valence-corrected chi connectivity index (χ0v) is 26.1. The van der Waals surface area contributed by atoms with Gasteiger partial charge in [-0.05, 0) is 61.6 Å². The van der Waals surface area contributed by atoms with E-state index in [0.717, 1.165) is 43.7 Å². The molecular formula is C31H38BrN3O4S. The number of anilines is 1. The molecule has 0 bridgehead atoms. The van der Waals surface area contributed by atoms with E-state index in [-0.39, 0.29) is 24.9 Å². The van der Waals surface area contributed by atoms with Crippen molar-refractivity contribution in [2.45, 2.75) is 59.2 Å². The van der Waals surface area contributed by atoms with Gasteiger partial charge in [0.25, 0.3) is 0 Å². The molecule has 0 aliphatic carbocycles. The van der Waals surface area contributed by atoms with Crippen molar-refractivity contribution < 1.29 is 18.0 Å². The lowest BCUT2D eigenvalue weighted by Gasteiger charge is -2.34. The predicted octanol–water partition coefficient (Wildman–Crippen LogP) is 5.39. The van der Waals surface area contributed by atoms with Gasteiger partial charge in [0, 0.05) is 23.5 Å². The van der Waals surface area contributed by atoms with Crippen LogP contribution in [0.15, 0.2) is 77.3 Å². The first-order chi connectivity index (χ1) is 18.9. The van der Waals surface area contributed by atoms with E-state index >= 15 is 0 Å². The van der Waals surface area contributed by atoms with Crippen LogP contribution in [-0.2, 0) is 32.6 Å². The highest BCUT2D eigenvalue weighted by molar-refractivity contribution is 9.10. The second-order valence-electron chi connectivity index (χ2n) is 10.2. The van der Waals surface area contributed by atoms with Crippen molar-refractivity contribution in [3.05, 3.63) is 99.5 Å². The van der Waals surface area contributed by atoms with Crippen LogP contribution in [0.3, 0.4) is 0 Å². The third-order valence-electron chi connectivity index (χ3n) is 6.88. The van der Waals surface area contributed by atoms with Crippen molar-refractivity contribution in [1.82, 2.24) is 10.2 Å². The number of halogens is 1. The minimum absolute atomic E-state index is 0.0873. The van der Waals surface area contributed by atoms with Gasteiger partial charge < -0.3 is 10.2 Å². The smallest absolute Gasteiger partial charge is 0.244 e. The monoisotopic (exact) mass is 627 g/mol. The van der Waals surface area contributed by atoms with Crippen LogP contribution in [0.2, 0.25) is 0 Å². The van der Waals surface area contributed by atoms with Gasteiger partial charge in [-0.15, -0.1) is 0 Å². The van der Waals surface area contributed by atoms with Gasteiger partial charge >= 0.3 is 0 Å². The molecule has 0 heterocycles. The number of aryl methyl sites for hydroxylation is 2. The second kappa shape index (κ2) is 13.9. The van der Waals surface area contributed by atoms with Crippen LogP contribution < -0.4 is 9.62 Å². The average molecular weight is 629 g/mol. The lowest BCUT2D eigenvalue weighted by atomic mass is 10.0. The summed E-state index contributed by atoms with van der Waals surface area (Å²) in [5.74, 6) is -0.743. The topological polar surface area (TPSA) is 86.8 Å². The van der Waals surface area contributed by atoms with E-state index in [9.17, 15) is 18.0 Å². The van der Waals surface area contributed by atoms with Gasteiger partial charge in [0.05, 0.1) is 11.9 Å².